The molecule has 1 atom stereocenters. The molecule has 4 rings (SSSR count). The number of carboxylic acid groups (broad SMARTS) is 1. The number of rotatable bonds is 6. The van der Waals surface area contributed by atoms with E-state index in [4.69, 9.17) is 9.90 Å². The van der Waals surface area contributed by atoms with Crippen LogP contribution in [0, 0.1) is 11.2 Å². The van der Waals surface area contributed by atoms with Crippen molar-refractivity contribution >= 4 is 17.7 Å². The first-order valence-electron chi connectivity index (χ1n) is 11.7. The Hall–Kier alpha value is -3.27. The number of aliphatic carboxylic acids is 1. The van der Waals surface area contributed by atoms with E-state index in [0.29, 0.717) is 13.0 Å². The lowest BCUT2D eigenvalue weighted by atomic mass is 9.68. The first-order valence-corrected chi connectivity index (χ1v) is 11.7. The zero-order chi connectivity index (χ0) is 26.3. The molecule has 0 aliphatic carbocycles. The minimum absolute atomic E-state index is 0.0948. The normalized spacial score (nSPS) is 19.3. The molecular weight excluding hydrogens is 480 g/mol. The number of carbonyl (C=O) groups excluding carboxylic acids is 2. The van der Waals surface area contributed by atoms with Gasteiger partial charge in [-0.05, 0) is 56.6 Å². The Balaban J connectivity index is 0.000000454. The van der Waals surface area contributed by atoms with E-state index >= 15 is 0 Å². The van der Waals surface area contributed by atoms with Crippen molar-refractivity contribution in [2.24, 2.45) is 5.41 Å². The maximum absolute atomic E-state index is 13.3. The van der Waals surface area contributed by atoms with Crippen LogP contribution in [0.5, 0.6) is 0 Å². The third kappa shape index (κ3) is 6.69. The number of piperidine rings is 1. The Morgan fingerprint density at radius 3 is 2.17 bits per heavy atom. The summed E-state index contributed by atoms with van der Waals surface area (Å²) in [7, 11) is 0. The van der Waals surface area contributed by atoms with Gasteiger partial charge < -0.3 is 15.3 Å². The Morgan fingerprint density at radius 1 is 1.03 bits per heavy atom. The molecule has 36 heavy (non-hydrogen) atoms. The predicted molar refractivity (Wildman–Crippen MR) is 124 cm³/mol. The van der Waals surface area contributed by atoms with Crippen LogP contribution in [0.15, 0.2) is 54.6 Å². The quantitative estimate of drug-likeness (QED) is 0.446. The molecule has 2 aliphatic heterocycles. The zero-order valence-corrected chi connectivity index (χ0v) is 19.6. The highest BCUT2D eigenvalue weighted by molar-refractivity contribution is 5.95. The minimum atomic E-state index is -5.08. The molecule has 0 saturated carbocycles. The lowest BCUT2D eigenvalue weighted by molar-refractivity contribution is -0.192. The topological polar surface area (TPSA) is 86.7 Å². The molecule has 2 N–H and O–H groups in total. The molecule has 10 heteroatoms. The number of halogens is 4. The van der Waals surface area contributed by atoms with Crippen LogP contribution in [0.3, 0.4) is 0 Å². The number of nitrogens with one attached hydrogen (secondary N) is 1. The van der Waals surface area contributed by atoms with Gasteiger partial charge in [0.1, 0.15) is 5.82 Å². The van der Waals surface area contributed by atoms with Crippen LogP contribution < -0.4 is 5.32 Å². The summed E-state index contributed by atoms with van der Waals surface area (Å²) in [5.41, 5.74) is 1.41. The van der Waals surface area contributed by atoms with Gasteiger partial charge in [-0.1, -0.05) is 42.5 Å². The van der Waals surface area contributed by atoms with Gasteiger partial charge >= 0.3 is 12.1 Å². The van der Waals surface area contributed by atoms with Gasteiger partial charge in [-0.2, -0.15) is 13.2 Å². The lowest BCUT2D eigenvalue weighted by Gasteiger charge is -2.41. The fourth-order valence-corrected chi connectivity index (χ4v) is 4.84. The van der Waals surface area contributed by atoms with Crippen molar-refractivity contribution in [1.29, 1.82) is 0 Å². The fourth-order valence-electron chi connectivity index (χ4n) is 4.84. The van der Waals surface area contributed by atoms with E-state index in [1.807, 2.05) is 42.5 Å². The van der Waals surface area contributed by atoms with E-state index in [2.05, 4.69) is 10.2 Å². The van der Waals surface area contributed by atoms with Crippen molar-refractivity contribution in [3.05, 3.63) is 71.5 Å². The third-order valence-corrected chi connectivity index (χ3v) is 6.82. The molecule has 0 unspecified atom stereocenters. The number of benzene rings is 2. The van der Waals surface area contributed by atoms with Crippen LogP contribution in [0.4, 0.5) is 17.6 Å². The van der Waals surface area contributed by atoms with Gasteiger partial charge in [-0.25, -0.2) is 9.18 Å². The van der Waals surface area contributed by atoms with Gasteiger partial charge in [-0.15, -0.1) is 0 Å². The van der Waals surface area contributed by atoms with Gasteiger partial charge in [0.15, 0.2) is 5.78 Å². The van der Waals surface area contributed by atoms with E-state index in [1.54, 1.807) is 0 Å². The van der Waals surface area contributed by atoms with Gasteiger partial charge in [0.2, 0.25) is 5.91 Å². The smallest absolute Gasteiger partial charge is 0.475 e. The number of nitrogens with zero attached hydrogens (tertiary/aromatic N) is 1. The Kier molecular flexibility index (Phi) is 8.84. The lowest BCUT2D eigenvalue weighted by Crippen LogP contribution is -2.46. The number of hydrogen-bond donors (Lipinski definition) is 2. The van der Waals surface area contributed by atoms with Crippen molar-refractivity contribution in [1.82, 2.24) is 10.2 Å². The molecule has 1 spiro atoms. The van der Waals surface area contributed by atoms with Crippen LogP contribution in [-0.4, -0.2) is 60.0 Å². The Labute approximate surface area is 206 Å². The number of ketones is 1. The average Bonchev–Trinajstić information content (AvgIpc) is 3.16. The fraction of sp³-hybridized carbons (Fsp3) is 0.423. The summed E-state index contributed by atoms with van der Waals surface area (Å²) in [5.74, 6) is -2.60. The zero-order valence-electron chi connectivity index (χ0n) is 19.6. The van der Waals surface area contributed by atoms with E-state index in [-0.39, 0.29) is 23.4 Å². The molecule has 2 aliphatic rings. The van der Waals surface area contributed by atoms with Crippen molar-refractivity contribution in [3.8, 4) is 0 Å². The van der Waals surface area contributed by atoms with Crippen molar-refractivity contribution in [3.63, 3.8) is 0 Å². The molecule has 0 radical (unpaired) electrons. The van der Waals surface area contributed by atoms with Gasteiger partial charge in [0.25, 0.3) is 0 Å². The average molecular weight is 509 g/mol. The number of likely N-dealkylation sites (tertiary alicyclic amines) is 1. The Morgan fingerprint density at radius 2 is 1.61 bits per heavy atom. The highest BCUT2D eigenvalue weighted by Gasteiger charge is 2.51. The highest BCUT2D eigenvalue weighted by Crippen LogP contribution is 2.47. The number of carbonyl (C=O) groups is 3. The second kappa shape index (κ2) is 11.6. The highest BCUT2D eigenvalue weighted by atomic mass is 19.4. The SMILES string of the molecule is O=C(CCCN1CCC2(CC1)C(=O)NC[C@@H]2c1ccc(F)cc1)c1ccccc1.O=C(O)C(F)(F)F. The van der Waals surface area contributed by atoms with E-state index in [1.165, 1.54) is 12.1 Å². The number of amides is 1. The number of carboxylic acids is 1. The first kappa shape index (κ1) is 27.3. The summed E-state index contributed by atoms with van der Waals surface area (Å²) in [6.45, 7) is 3.20. The number of Topliss-reactive ketones (excluding diaryl/α,β-unsaturated/α-hetero) is 1. The van der Waals surface area contributed by atoms with Crippen LogP contribution in [0.2, 0.25) is 0 Å². The molecule has 2 aromatic carbocycles. The second-order valence-corrected chi connectivity index (χ2v) is 9.01. The standard InChI is InChI=1S/C24H27FN2O2.C2HF3O2/c25-20-10-8-18(9-11-20)21-17-26-23(29)24(21)12-15-27(16-13-24)14-4-7-22(28)19-5-2-1-3-6-19;3-2(4,5)1(6)7/h1-3,5-6,8-11,21H,4,7,12-17H2,(H,26,29);(H,6,7)/t21-;/m1./s1. The number of alkyl halides is 3. The molecular formula is C26H28F4N2O4. The summed E-state index contributed by atoms with van der Waals surface area (Å²) in [4.78, 5) is 36.2. The summed E-state index contributed by atoms with van der Waals surface area (Å²) >= 11 is 0. The summed E-state index contributed by atoms with van der Waals surface area (Å²) in [6.07, 6.45) is -2.11. The number of hydrogen-bond acceptors (Lipinski definition) is 4. The van der Waals surface area contributed by atoms with Crippen LogP contribution in [-0.2, 0) is 9.59 Å². The maximum atomic E-state index is 13.3. The van der Waals surface area contributed by atoms with Crippen molar-refractivity contribution in [2.75, 3.05) is 26.2 Å². The van der Waals surface area contributed by atoms with Gasteiger partial charge in [0, 0.05) is 24.4 Å². The van der Waals surface area contributed by atoms with Crippen molar-refractivity contribution < 1.29 is 37.1 Å². The molecule has 6 nitrogen and oxygen atoms in total. The van der Waals surface area contributed by atoms with Crippen molar-refractivity contribution in [2.45, 2.75) is 37.8 Å². The van der Waals surface area contributed by atoms with E-state index in [0.717, 1.165) is 50.0 Å². The molecule has 0 aromatic heterocycles. The van der Waals surface area contributed by atoms with Gasteiger partial charge in [0.05, 0.1) is 5.41 Å². The molecule has 194 valence electrons. The van der Waals surface area contributed by atoms with Crippen LogP contribution in [0.25, 0.3) is 0 Å². The predicted octanol–water partition coefficient (Wildman–Crippen LogP) is 4.42. The summed E-state index contributed by atoms with van der Waals surface area (Å²) in [5, 5.41) is 10.2. The third-order valence-electron chi connectivity index (χ3n) is 6.82. The van der Waals surface area contributed by atoms with E-state index in [9.17, 15) is 27.2 Å². The summed E-state index contributed by atoms with van der Waals surface area (Å²) < 4.78 is 45.0. The minimum Gasteiger partial charge on any atom is -0.475 e. The maximum Gasteiger partial charge on any atom is 0.490 e. The summed E-state index contributed by atoms with van der Waals surface area (Å²) in [6, 6.07) is 16.0. The molecule has 1 amide bonds. The molecule has 2 fully saturated rings. The molecule has 0 bridgehead atoms. The molecule has 2 aromatic rings. The first-order chi connectivity index (χ1) is 17.0. The molecule has 2 heterocycles. The van der Waals surface area contributed by atoms with Gasteiger partial charge in [-0.3, -0.25) is 9.59 Å². The van der Waals surface area contributed by atoms with Crippen LogP contribution >= 0.6 is 0 Å². The molecule has 2 saturated heterocycles. The Bertz CT molecular complexity index is 1050. The largest absolute Gasteiger partial charge is 0.490 e. The van der Waals surface area contributed by atoms with Crippen LogP contribution in [0.1, 0.15) is 47.5 Å². The second-order valence-electron chi connectivity index (χ2n) is 9.01. The monoisotopic (exact) mass is 508 g/mol. The van der Waals surface area contributed by atoms with E-state index < -0.39 is 17.6 Å².